The molecule has 0 atom stereocenters. The van der Waals surface area contributed by atoms with Crippen molar-refractivity contribution < 1.29 is 13.9 Å². The number of halogens is 2. The van der Waals surface area contributed by atoms with E-state index in [1.165, 1.54) is 12.1 Å². The maximum Gasteiger partial charge on any atom is 0.174 e. The van der Waals surface area contributed by atoms with Crippen LogP contribution in [0, 0.1) is 5.82 Å². The summed E-state index contributed by atoms with van der Waals surface area (Å²) in [4.78, 5) is 11.7. The minimum Gasteiger partial charge on any atom is -0.483 e. The SMILES string of the molecule is O=C(COc1ccc(Cl)cc1F)Cc1ccccc1. The number of hydrogen-bond acceptors (Lipinski definition) is 2. The second kappa shape index (κ2) is 6.34. The van der Waals surface area contributed by atoms with Gasteiger partial charge in [-0.1, -0.05) is 41.9 Å². The van der Waals surface area contributed by atoms with E-state index in [4.69, 9.17) is 16.3 Å². The van der Waals surface area contributed by atoms with Crippen LogP contribution in [0.5, 0.6) is 5.75 Å². The van der Waals surface area contributed by atoms with E-state index in [2.05, 4.69) is 0 Å². The number of rotatable bonds is 5. The predicted molar refractivity (Wildman–Crippen MR) is 72.1 cm³/mol. The topological polar surface area (TPSA) is 26.3 Å². The summed E-state index contributed by atoms with van der Waals surface area (Å²) in [7, 11) is 0. The molecule has 2 rings (SSSR count). The molecule has 0 spiro atoms. The van der Waals surface area contributed by atoms with Gasteiger partial charge in [-0.25, -0.2) is 4.39 Å². The smallest absolute Gasteiger partial charge is 0.174 e. The van der Waals surface area contributed by atoms with Gasteiger partial charge in [0, 0.05) is 11.4 Å². The lowest BCUT2D eigenvalue weighted by Gasteiger charge is -2.06. The molecule has 0 amide bonds. The first-order chi connectivity index (χ1) is 9.15. The van der Waals surface area contributed by atoms with Crippen molar-refractivity contribution in [2.24, 2.45) is 0 Å². The van der Waals surface area contributed by atoms with E-state index in [1.54, 1.807) is 0 Å². The van der Waals surface area contributed by atoms with Gasteiger partial charge in [0.25, 0.3) is 0 Å². The zero-order chi connectivity index (χ0) is 13.7. The quantitative estimate of drug-likeness (QED) is 0.834. The largest absolute Gasteiger partial charge is 0.483 e. The van der Waals surface area contributed by atoms with Gasteiger partial charge in [0.15, 0.2) is 17.3 Å². The molecule has 0 radical (unpaired) electrons. The van der Waals surface area contributed by atoms with Gasteiger partial charge >= 0.3 is 0 Å². The highest BCUT2D eigenvalue weighted by Gasteiger charge is 2.08. The highest BCUT2D eigenvalue weighted by atomic mass is 35.5. The van der Waals surface area contributed by atoms with E-state index < -0.39 is 5.82 Å². The Morgan fingerprint density at radius 1 is 1.16 bits per heavy atom. The number of benzene rings is 2. The fraction of sp³-hybridized carbons (Fsp3) is 0.133. The van der Waals surface area contributed by atoms with Crippen LogP contribution in [-0.2, 0) is 11.2 Å². The van der Waals surface area contributed by atoms with Gasteiger partial charge in [-0.15, -0.1) is 0 Å². The van der Waals surface area contributed by atoms with E-state index in [0.717, 1.165) is 11.6 Å². The van der Waals surface area contributed by atoms with Gasteiger partial charge < -0.3 is 4.74 Å². The third kappa shape index (κ3) is 4.07. The summed E-state index contributed by atoms with van der Waals surface area (Å²) in [6.07, 6.45) is 0.274. The van der Waals surface area contributed by atoms with Gasteiger partial charge in [-0.2, -0.15) is 0 Å². The fourth-order valence-electron chi connectivity index (χ4n) is 1.63. The molecule has 0 saturated carbocycles. The molecule has 0 bridgehead atoms. The molecule has 0 fully saturated rings. The first kappa shape index (κ1) is 13.6. The van der Waals surface area contributed by atoms with Crippen LogP contribution in [0.15, 0.2) is 48.5 Å². The number of hydrogen-bond donors (Lipinski definition) is 0. The molecule has 2 nitrogen and oxygen atoms in total. The monoisotopic (exact) mass is 278 g/mol. The van der Waals surface area contributed by atoms with E-state index >= 15 is 0 Å². The van der Waals surface area contributed by atoms with E-state index in [9.17, 15) is 9.18 Å². The Labute approximate surface area is 115 Å². The van der Waals surface area contributed by atoms with Gasteiger partial charge in [0.05, 0.1) is 0 Å². The molecule has 0 aromatic heterocycles. The summed E-state index contributed by atoms with van der Waals surface area (Å²) in [5.74, 6) is -0.647. The maximum absolute atomic E-state index is 13.4. The van der Waals surface area contributed by atoms with Gasteiger partial charge in [-0.3, -0.25) is 4.79 Å². The second-order valence-electron chi connectivity index (χ2n) is 4.06. The van der Waals surface area contributed by atoms with Crippen LogP contribution >= 0.6 is 11.6 Å². The zero-order valence-corrected chi connectivity index (χ0v) is 10.9. The molecule has 2 aromatic rings. The molecule has 0 aliphatic heterocycles. The van der Waals surface area contributed by atoms with Crippen LogP contribution in [0.4, 0.5) is 4.39 Å². The summed E-state index contributed by atoms with van der Waals surface area (Å²) in [6, 6.07) is 13.4. The van der Waals surface area contributed by atoms with Crippen LogP contribution < -0.4 is 4.74 Å². The van der Waals surface area contributed by atoms with Crippen molar-refractivity contribution in [3.05, 3.63) is 64.9 Å². The highest BCUT2D eigenvalue weighted by Crippen LogP contribution is 2.20. The first-order valence-corrected chi connectivity index (χ1v) is 6.16. The van der Waals surface area contributed by atoms with E-state index in [-0.39, 0.29) is 24.6 Å². The number of carbonyl (C=O) groups excluding carboxylic acids is 1. The van der Waals surface area contributed by atoms with Gasteiger partial charge in [0.1, 0.15) is 6.61 Å². The van der Waals surface area contributed by atoms with E-state index in [1.807, 2.05) is 30.3 Å². The minimum absolute atomic E-state index is 0.0332. The number of ketones is 1. The molecule has 4 heteroatoms. The lowest BCUT2D eigenvalue weighted by molar-refractivity contribution is -0.120. The first-order valence-electron chi connectivity index (χ1n) is 5.78. The highest BCUT2D eigenvalue weighted by molar-refractivity contribution is 6.30. The van der Waals surface area contributed by atoms with Crippen molar-refractivity contribution in [3.8, 4) is 5.75 Å². The molecule has 0 N–H and O–H groups in total. The summed E-state index contributed by atoms with van der Waals surface area (Å²) in [6.45, 7) is -0.159. The molecule has 0 heterocycles. The second-order valence-corrected chi connectivity index (χ2v) is 4.50. The normalized spacial score (nSPS) is 10.2. The molecule has 2 aromatic carbocycles. The summed E-state index contributed by atoms with van der Waals surface area (Å²) < 4.78 is 18.5. The van der Waals surface area contributed by atoms with Crippen molar-refractivity contribution in [1.29, 1.82) is 0 Å². The summed E-state index contributed by atoms with van der Waals surface area (Å²) >= 11 is 5.62. The number of ether oxygens (including phenoxy) is 1. The fourth-order valence-corrected chi connectivity index (χ4v) is 1.78. The van der Waals surface area contributed by atoms with Crippen molar-refractivity contribution >= 4 is 17.4 Å². The average molecular weight is 279 g/mol. The molecular weight excluding hydrogens is 267 g/mol. The van der Waals surface area contributed by atoms with Crippen LogP contribution in [0.1, 0.15) is 5.56 Å². The number of Topliss-reactive ketones (excluding diaryl/α,β-unsaturated/α-hetero) is 1. The lowest BCUT2D eigenvalue weighted by Crippen LogP contribution is -2.14. The number of carbonyl (C=O) groups is 1. The Kier molecular flexibility index (Phi) is 4.53. The standard InChI is InChI=1S/C15H12ClFO2/c16-12-6-7-15(14(17)9-12)19-10-13(18)8-11-4-2-1-3-5-11/h1-7,9H,8,10H2. The van der Waals surface area contributed by atoms with Gasteiger partial charge in [-0.05, 0) is 23.8 Å². The molecule has 0 aliphatic rings. The van der Waals surface area contributed by atoms with Crippen molar-refractivity contribution in [2.45, 2.75) is 6.42 Å². The average Bonchev–Trinajstić information content (AvgIpc) is 2.39. The third-order valence-corrected chi connectivity index (χ3v) is 2.76. The van der Waals surface area contributed by atoms with E-state index in [0.29, 0.717) is 5.02 Å². The Bertz CT molecular complexity index is 570. The van der Waals surface area contributed by atoms with Crippen LogP contribution in [0.25, 0.3) is 0 Å². The molecule has 0 aliphatic carbocycles. The molecule has 19 heavy (non-hydrogen) atoms. The Morgan fingerprint density at radius 2 is 1.89 bits per heavy atom. The van der Waals surface area contributed by atoms with Crippen LogP contribution in [0.3, 0.4) is 0 Å². The molecule has 0 saturated heterocycles. The van der Waals surface area contributed by atoms with Gasteiger partial charge in [0.2, 0.25) is 0 Å². The Morgan fingerprint density at radius 3 is 2.58 bits per heavy atom. The molecule has 98 valence electrons. The van der Waals surface area contributed by atoms with Crippen LogP contribution in [-0.4, -0.2) is 12.4 Å². The predicted octanol–water partition coefficient (Wildman–Crippen LogP) is 3.67. The van der Waals surface area contributed by atoms with Crippen molar-refractivity contribution in [1.82, 2.24) is 0 Å². The maximum atomic E-state index is 13.4. The molecule has 0 unspecified atom stereocenters. The third-order valence-electron chi connectivity index (χ3n) is 2.53. The lowest BCUT2D eigenvalue weighted by atomic mass is 10.1. The Balaban J connectivity index is 1.90. The Hall–Kier alpha value is -1.87. The van der Waals surface area contributed by atoms with Crippen molar-refractivity contribution in [3.63, 3.8) is 0 Å². The molecular formula is C15H12ClFO2. The minimum atomic E-state index is -0.569. The van der Waals surface area contributed by atoms with Crippen LogP contribution in [0.2, 0.25) is 5.02 Å². The zero-order valence-electron chi connectivity index (χ0n) is 10.1. The summed E-state index contributed by atoms with van der Waals surface area (Å²) in [5.41, 5.74) is 0.910. The van der Waals surface area contributed by atoms with Crippen molar-refractivity contribution in [2.75, 3.05) is 6.61 Å². The summed E-state index contributed by atoms with van der Waals surface area (Å²) in [5, 5.41) is 0.292.